The van der Waals surface area contributed by atoms with Gasteiger partial charge in [-0.1, -0.05) is 0 Å². The number of rotatable bonds is 3. The summed E-state index contributed by atoms with van der Waals surface area (Å²) in [5.41, 5.74) is -5.53. The Balaban J connectivity index is 2.43. The Morgan fingerprint density at radius 2 is 1.86 bits per heavy atom. The maximum atomic E-state index is 12.8. The molecule has 0 aliphatic carbocycles. The first-order valence-electron chi connectivity index (χ1n) is 8.41. The van der Waals surface area contributed by atoms with Gasteiger partial charge in [0.2, 0.25) is 0 Å². The minimum absolute atomic E-state index is 0.195. The Morgan fingerprint density at radius 3 is 2.41 bits per heavy atom. The molecule has 1 N–H and O–H groups in total. The van der Waals surface area contributed by atoms with E-state index in [1.54, 1.807) is 13.8 Å². The molecule has 1 aromatic carbocycles. The maximum Gasteiger partial charge on any atom is 0.340 e. The molecule has 0 bridgehead atoms. The van der Waals surface area contributed by atoms with Crippen LogP contribution < -0.4 is 10.3 Å². The van der Waals surface area contributed by atoms with Gasteiger partial charge < -0.3 is 9.84 Å². The predicted octanol–water partition coefficient (Wildman–Crippen LogP) is 2.05. The van der Waals surface area contributed by atoms with Crippen molar-refractivity contribution in [1.29, 1.82) is 5.26 Å². The smallest absolute Gasteiger partial charge is 0.340 e. The van der Waals surface area contributed by atoms with E-state index in [0.717, 1.165) is 10.8 Å². The predicted molar refractivity (Wildman–Crippen MR) is 98.6 cm³/mol. The van der Waals surface area contributed by atoms with Gasteiger partial charge in [0.25, 0.3) is 5.69 Å². The molecule has 11 heteroatoms. The topological polar surface area (TPSA) is 162 Å². The van der Waals surface area contributed by atoms with Gasteiger partial charge in [0.15, 0.2) is 0 Å². The molecule has 0 fully saturated rings. The van der Waals surface area contributed by atoms with Crippen LogP contribution in [0.25, 0.3) is 0 Å². The first-order valence-corrected chi connectivity index (χ1v) is 8.41. The lowest BCUT2D eigenvalue weighted by molar-refractivity contribution is -0.396. The number of benzene rings is 1. The molecule has 1 aromatic heterocycles. The molecule has 2 unspecified atom stereocenters. The number of nitrogens with zero attached hydrogens (tertiary/aromatic N) is 4. The minimum Gasteiger partial charge on any atom is -0.484 e. The second-order valence-electron chi connectivity index (χ2n) is 7.34. The number of hydrogen-bond donors (Lipinski definition) is 1. The fraction of sp³-hybridized carbons (Fsp3) is 0.333. The summed E-state index contributed by atoms with van der Waals surface area (Å²) in [6, 6.07) is 5.55. The summed E-state index contributed by atoms with van der Waals surface area (Å²) in [5, 5.41) is 43.1. The van der Waals surface area contributed by atoms with Gasteiger partial charge in [-0.3, -0.25) is 29.6 Å². The van der Waals surface area contributed by atoms with E-state index in [9.17, 15) is 35.4 Å². The average Bonchev–Trinajstić information content (AvgIpc) is 2.62. The summed E-state index contributed by atoms with van der Waals surface area (Å²) < 4.78 is 6.60. The molecule has 0 amide bonds. The van der Waals surface area contributed by atoms with Crippen molar-refractivity contribution in [3.63, 3.8) is 0 Å². The average molecular weight is 400 g/mol. The summed E-state index contributed by atoms with van der Waals surface area (Å²) in [5.74, 6) is 0.242. The molecule has 0 spiro atoms. The SMILES string of the molecule is CC1(C)Oc2ccc(C#N)cc2C(n2cc([N+](=O)[O-])cc([N+](=O)[O-])c2=O)C1(C)O. The number of ether oxygens (including phenoxy) is 1. The van der Waals surface area contributed by atoms with Gasteiger partial charge >= 0.3 is 11.2 Å². The highest BCUT2D eigenvalue weighted by molar-refractivity contribution is 5.49. The van der Waals surface area contributed by atoms with Crippen molar-refractivity contribution >= 4 is 11.4 Å². The van der Waals surface area contributed by atoms with E-state index in [-0.39, 0.29) is 16.9 Å². The van der Waals surface area contributed by atoms with Gasteiger partial charge in [0.05, 0.1) is 33.7 Å². The number of hydrogen-bond acceptors (Lipinski definition) is 8. The van der Waals surface area contributed by atoms with E-state index in [1.165, 1.54) is 25.1 Å². The molecular weight excluding hydrogens is 384 g/mol. The van der Waals surface area contributed by atoms with Crippen molar-refractivity contribution in [1.82, 2.24) is 4.57 Å². The quantitative estimate of drug-likeness (QED) is 0.604. The van der Waals surface area contributed by atoms with Crippen LogP contribution in [0.2, 0.25) is 0 Å². The molecule has 1 aliphatic heterocycles. The first-order chi connectivity index (χ1) is 13.4. The number of aliphatic hydroxyl groups is 1. The normalized spacial score (nSPS) is 22.1. The summed E-state index contributed by atoms with van der Waals surface area (Å²) in [6.45, 7) is 4.46. The summed E-state index contributed by atoms with van der Waals surface area (Å²) in [6.07, 6.45) is 0.846. The van der Waals surface area contributed by atoms with E-state index in [4.69, 9.17) is 4.74 Å². The van der Waals surface area contributed by atoms with Gasteiger partial charge in [0, 0.05) is 5.56 Å². The zero-order valence-corrected chi connectivity index (χ0v) is 15.6. The number of aromatic nitrogens is 1. The second kappa shape index (κ2) is 6.39. The number of nitriles is 1. The standard InChI is InChI=1S/C18H16N4O7/c1-17(2)18(3,24)15(12-6-10(8-19)4-5-14(12)29-17)20-9-11(21(25)26)7-13(16(20)23)22(27)28/h4-7,9,15,24H,1-3H3. The van der Waals surface area contributed by atoms with Crippen LogP contribution in [0.1, 0.15) is 37.9 Å². The van der Waals surface area contributed by atoms with Crippen molar-refractivity contribution in [2.24, 2.45) is 0 Å². The number of pyridine rings is 1. The highest BCUT2D eigenvalue weighted by atomic mass is 16.6. The third-order valence-corrected chi connectivity index (χ3v) is 5.25. The molecule has 0 saturated carbocycles. The summed E-state index contributed by atoms with van der Waals surface area (Å²) in [7, 11) is 0. The maximum absolute atomic E-state index is 12.8. The number of fused-ring (bicyclic) bond motifs is 1. The fourth-order valence-electron chi connectivity index (χ4n) is 3.35. The minimum atomic E-state index is -1.83. The molecule has 1 aliphatic rings. The van der Waals surface area contributed by atoms with Crippen LogP contribution in [0.15, 0.2) is 35.3 Å². The largest absolute Gasteiger partial charge is 0.484 e. The van der Waals surface area contributed by atoms with Crippen molar-refractivity contribution in [2.75, 3.05) is 0 Å². The van der Waals surface area contributed by atoms with Crippen molar-refractivity contribution < 1.29 is 19.7 Å². The van der Waals surface area contributed by atoms with Gasteiger partial charge in [-0.2, -0.15) is 5.26 Å². The molecule has 2 heterocycles. The van der Waals surface area contributed by atoms with Crippen molar-refractivity contribution in [3.05, 3.63) is 72.2 Å². The Hall–Kier alpha value is -3.78. The van der Waals surface area contributed by atoms with Crippen molar-refractivity contribution in [3.8, 4) is 11.8 Å². The van der Waals surface area contributed by atoms with Gasteiger partial charge in [-0.05, 0) is 39.0 Å². The molecule has 3 rings (SSSR count). The van der Waals surface area contributed by atoms with E-state index in [1.807, 2.05) is 6.07 Å². The van der Waals surface area contributed by atoms with E-state index in [0.29, 0.717) is 6.07 Å². The lowest BCUT2D eigenvalue weighted by atomic mass is 9.75. The van der Waals surface area contributed by atoms with Crippen LogP contribution in [-0.4, -0.2) is 30.7 Å². The molecule has 0 saturated heterocycles. The van der Waals surface area contributed by atoms with Crippen LogP contribution in [-0.2, 0) is 0 Å². The first kappa shape index (κ1) is 20.0. The Morgan fingerprint density at radius 1 is 1.21 bits per heavy atom. The van der Waals surface area contributed by atoms with Gasteiger partial charge in [-0.25, -0.2) is 0 Å². The van der Waals surface area contributed by atoms with Crippen molar-refractivity contribution in [2.45, 2.75) is 38.0 Å². The lowest BCUT2D eigenvalue weighted by Crippen LogP contribution is -2.60. The van der Waals surface area contributed by atoms with E-state index >= 15 is 0 Å². The number of nitro groups is 2. The molecule has 2 atom stereocenters. The third kappa shape index (κ3) is 2.99. The second-order valence-corrected chi connectivity index (χ2v) is 7.34. The van der Waals surface area contributed by atoms with Gasteiger partial charge in [0.1, 0.15) is 23.0 Å². The van der Waals surface area contributed by atoms with Crippen LogP contribution >= 0.6 is 0 Å². The van der Waals surface area contributed by atoms with E-state index < -0.39 is 44.0 Å². The Labute approximate surface area is 163 Å². The van der Waals surface area contributed by atoms with Crippen LogP contribution in [0.3, 0.4) is 0 Å². The van der Waals surface area contributed by atoms with Crippen LogP contribution in [0, 0.1) is 31.6 Å². The summed E-state index contributed by atoms with van der Waals surface area (Å²) >= 11 is 0. The molecule has 2 aromatic rings. The third-order valence-electron chi connectivity index (χ3n) is 5.25. The lowest BCUT2D eigenvalue weighted by Gasteiger charge is -2.49. The zero-order valence-electron chi connectivity index (χ0n) is 15.6. The molecule has 29 heavy (non-hydrogen) atoms. The monoisotopic (exact) mass is 400 g/mol. The molecule has 11 nitrogen and oxygen atoms in total. The highest BCUT2D eigenvalue weighted by Gasteiger charge is 2.54. The van der Waals surface area contributed by atoms with Gasteiger partial charge in [-0.15, -0.1) is 0 Å². The van der Waals surface area contributed by atoms with Crippen LogP contribution in [0.5, 0.6) is 5.75 Å². The highest BCUT2D eigenvalue weighted by Crippen LogP contribution is 2.48. The zero-order chi connectivity index (χ0) is 21.7. The Kier molecular flexibility index (Phi) is 4.40. The van der Waals surface area contributed by atoms with Crippen LogP contribution in [0.4, 0.5) is 11.4 Å². The van der Waals surface area contributed by atoms with E-state index in [2.05, 4.69) is 0 Å². The Bertz CT molecular complexity index is 1140. The molecule has 0 radical (unpaired) electrons. The molecule has 150 valence electrons. The summed E-state index contributed by atoms with van der Waals surface area (Å²) in [4.78, 5) is 33.5. The fourth-order valence-corrected chi connectivity index (χ4v) is 3.35. The molecular formula is C18H16N4O7.